The maximum Gasteiger partial charge on any atom is 1.00 e. The molecule has 0 spiro atoms. The molecule has 0 rings (SSSR count). The first-order valence-corrected chi connectivity index (χ1v) is 3.65. The van der Waals surface area contributed by atoms with Crippen LogP contribution < -0.4 is 37.7 Å². The Morgan fingerprint density at radius 2 is 1.80 bits per heavy atom. The van der Waals surface area contributed by atoms with Crippen molar-refractivity contribution in [1.82, 2.24) is 0 Å². The molecule has 0 atom stereocenters. The number of carboxylic acid groups (broad SMARTS) is 1. The van der Waals surface area contributed by atoms with E-state index < -0.39 is 17.9 Å². The zero-order valence-electron chi connectivity index (χ0n) is 11.0. The normalized spacial score (nSPS) is 7.73. The number of hydrogen-bond acceptors (Lipinski definition) is 4. The Bertz CT molecular complexity index is 248. The van der Waals surface area contributed by atoms with Crippen LogP contribution in [0.5, 0.6) is 0 Å². The van der Waals surface area contributed by atoms with Crippen LogP contribution in [0.3, 0.4) is 0 Å². The maximum atomic E-state index is 10.7. The Labute approximate surface area is 115 Å². The first-order valence-electron chi connectivity index (χ1n) is 3.65. The third kappa shape index (κ3) is 13.5. The first-order chi connectivity index (χ1) is 6.06. The van der Waals surface area contributed by atoms with E-state index in [1.165, 1.54) is 0 Å². The number of carboxylic acids is 1. The summed E-state index contributed by atoms with van der Waals surface area (Å²) in [6.45, 7) is 3.10. The Balaban J connectivity index is -0.000000120. The molecule has 0 bridgehead atoms. The summed E-state index contributed by atoms with van der Waals surface area (Å²) < 4.78 is 4.19. The molecule has 0 aromatic rings. The van der Waals surface area contributed by atoms with Gasteiger partial charge in [0, 0.05) is 18.9 Å². The number of ether oxygens (including phenoxy) is 1. The number of rotatable bonds is 5. The second-order valence-corrected chi connectivity index (χ2v) is 2.24. The van der Waals surface area contributed by atoms with Crippen molar-refractivity contribution in [2.24, 2.45) is 0 Å². The molecule has 0 aliphatic carbocycles. The summed E-state index contributed by atoms with van der Waals surface area (Å²) in [5.41, 5.74) is 0. The van der Waals surface area contributed by atoms with E-state index in [0.29, 0.717) is 0 Å². The van der Waals surface area contributed by atoms with Crippen molar-refractivity contribution in [2.45, 2.75) is 19.3 Å². The van der Waals surface area contributed by atoms with Crippen LogP contribution in [0.15, 0.2) is 12.7 Å². The van der Waals surface area contributed by atoms with Gasteiger partial charge in [-0.1, -0.05) is 6.58 Å². The van der Waals surface area contributed by atoms with Crippen LogP contribution >= 0.6 is 0 Å². The Morgan fingerprint density at radius 1 is 1.27 bits per heavy atom. The molecule has 0 fully saturated rings. The molecule has 0 aliphatic rings. The van der Waals surface area contributed by atoms with Crippen LogP contribution in [-0.4, -0.2) is 23.0 Å². The number of carbonyl (C=O) groups is 3. The van der Waals surface area contributed by atoms with Gasteiger partial charge in [0.2, 0.25) is 0 Å². The number of aliphatic carboxylic acids is 1. The summed E-state index contributed by atoms with van der Waals surface area (Å²) in [7, 11) is 0. The topological polar surface area (TPSA) is 80.7 Å². The van der Waals surface area contributed by atoms with Gasteiger partial charge in [-0.3, -0.25) is 9.59 Å². The summed E-state index contributed by atoms with van der Waals surface area (Å²) in [6, 6.07) is 0. The number of esters is 2. The summed E-state index contributed by atoms with van der Waals surface area (Å²) in [6.07, 6.45) is 0.844. The summed E-state index contributed by atoms with van der Waals surface area (Å²) in [5.74, 6) is -2.53. The van der Waals surface area contributed by atoms with Gasteiger partial charge in [-0.05, 0) is 6.42 Å². The largest absolute Gasteiger partial charge is 1.00 e. The molecule has 7 heteroatoms. The minimum atomic E-state index is -0.983. The van der Waals surface area contributed by atoms with Crippen molar-refractivity contribution in [2.75, 3.05) is 0 Å². The van der Waals surface area contributed by atoms with Crippen LogP contribution in [0.1, 0.15) is 22.1 Å². The molecule has 0 unspecified atom stereocenters. The van der Waals surface area contributed by atoms with Gasteiger partial charge in [-0.25, -0.2) is 4.79 Å². The Kier molecular flexibility index (Phi) is 15.5. The molecule has 15 heavy (non-hydrogen) atoms. The fourth-order valence-corrected chi connectivity index (χ4v) is 0.589. The quantitative estimate of drug-likeness (QED) is 0.208. The molecule has 1 N–H and O–H groups in total. The third-order valence-corrected chi connectivity index (χ3v) is 1.15. The summed E-state index contributed by atoms with van der Waals surface area (Å²) >= 11 is 0. The number of hydrogen-bond donors (Lipinski definition) is 1. The van der Waals surface area contributed by atoms with Crippen molar-refractivity contribution < 1.29 is 64.8 Å². The minimum Gasteiger partial charge on any atom is -1.00 e. The first kappa shape index (κ1) is 20.0. The second-order valence-electron chi connectivity index (χ2n) is 2.24. The van der Waals surface area contributed by atoms with Gasteiger partial charge in [0.25, 0.3) is 0 Å². The Hall–Kier alpha value is -0.455. The average molecular weight is 202 g/mol. The Morgan fingerprint density at radius 3 is 2.20 bits per heavy atom. The standard InChI is InChI=1S/C8H10O5.2Li.2H/c1-2-7(11)13-8(12)5-3-4-6(9)10;;;;/h2H,1,3-5H2,(H,9,10);;;;/q;2*+1;2*-1. The molecular weight excluding hydrogens is 190 g/mol. The monoisotopic (exact) mass is 202 g/mol. The zero-order chi connectivity index (χ0) is 10.3. The molecule has 0 radical (unpaired) electrons. The van der Waals surface area contributed by atoms with Gasteiger partial charge >= 0.3 is 55.6 Å². The predicted molar refractivity (Wildman–Crippen MR) is 45.0 cm³/mol. The fraction of sp³-hybridized carbons (Fsp3) is 0.375. The maximum absolute atomic E-state index is 10.7. The van der Waals surface area contributed by atoms with Crippen molar-refractivity contribution in [1.29, 1.82) is 0 Å². The van der Waals surface area contributed by atoms with E-state index in [2.05, 4.69) is 11.3 Å². The molecule has 0 aromatic heterocycles. The molecule has 0 saturated heterocycles. The third-order valence-electron chi connectivity index (χ3n) is 1.15. The minimum absolute atomic E-state index is 0. The fourth-order valence-electron chi connectivity index (χ4n) is 0.589. The average Bonchev–Trinajstić information content (AvgIpc) is 2.03. The van der Waals surface area contributed by atoms with E-state index in [0.717, 1.165) is 6.08 Å². The van der Waals surface area contributed by atoms with Gasteiger partial charge in [0.1, 0.15) is 0 Å². The van der Waals surface area contributed by atoms with E-state index in [1.807, 2.05) is 0 Å². The molecular formula is C8H12Li2O5. The summed E-state index contributed by atoms with van der Waals surface area (Å²) in [5, 5.41) is 8.22. The number of carbonyl (C=O) groups excluding carboxylic acids is 2. The van der Waals surface area contributed by atoms with Gasteiger partial charge in [-0.15, -0.1) is 0 Å². The van der Waals surface area contributed by atoms with Crippen molar-refractivity contribution in [3.05, 3.63) is 12.7 Å². The van der Waals surface area contributed by atoms with Crippen molar-refractivity contribution in [3.8, 4) is 0 Å². The van der Waals surface area contributed by atoms with Crippen LogP contribution in [0.2, 0.25) is 0 Å². The van der Waals surface area contributed by atoms with Crippen LogP contribution in [-0.2, 0) is 19.1 Å². The van der Waals surface area contributed by atoms with Gasteiger partial charge in [-0.2, -0.15) is 0 Å². The van der Waals surface area contributed by atoms with E-state index in [4.69, 9.17) is 5.11 Å². The molecule has 0 aromatic carbocycles. The molecule has 5 nitrogen and oxygen atoms in total. The van der Waals surface area contributed by atoms with E-state index in [-0.39, 0.29) is 59.8 Å². The summed E-state index contributed by atoms with van der Waals surface area (Å²) in [4.78, 5) is 31.2. The predicted octanol–water partition coefficient (Wildman–Crippen LogP) is -5.27. The van der Waals surface area contributed by atoms with Gasteiger partial charge in [0.05, 0.1) is 0 Å². The van der Waals surface area contributed by atoms with E-state index in [9.17, 15) is 14.4 Å². The molecule has 76 valence electrons. The van der Waals surface area contributed by atoms with E-state index in [1.54, 1.807) is 0 Å². The van der Waals surface area contributed by atoms with Crippen LogP contribution in [0, 0.1) is 0 Å². The van der Waals surface area contributed by atoms with Crippen molar-refractivity contribution >= 4 is 17.9 Å². The van der Waals surface area contributed by atoms with Gasteiger partial charge < -0.3 is 12.7 Å². The van der Waals surface area contributed by atoms with Crippen LogP contribution in [0.4, 0.5) is 0 Å². The zero-order valence-corrected chi connectivity index (χ0v) is 8.99. The smallest absolute Gasteiger partial charge is 1.00 e. The molecule has 0 aliphatic heterocycles. The van der Waals surface area contributed by atoms with E-state index >= 15 is 0 Å². The molecule has 0 amide bonds. The molecule has 0 saturated carbocycles. The van der Waals surface area contributed by atoms with Gasteiger partial charge in [0.15, 0.2) is 0 Å². The van der Waals surface area contributed by atoms with Crippen LogP contribution in [0.25, 0.3) is 0 Å². The SMILES string of the molecule is C=CC(=O)OC(=O)CCCC(=O)O.[H-].[H-].[Li+].[Li+]. The molecule has 0 heterocycles. The second kappa shape index (κ2) is 11.6. The van der Waals surface area contributed by atoms with Crippen molar-refractivity contribution in [3.63, 3.8) is 0 Å².